The van der Waals surface area contributed by atoms with Crippen LogP contribution in [0.1, 0.15) is 64.5 Å². The van der Waals surface area contributed by atoms with Gasteiger partial charge in [0.25, 0.3) is 5.91 Å². The third-order valence-electron chi connectivity index (χ3n) is 10.5. The van der Waals surface area contributed by atoms with Gasteiger partial charge >= 0.3 is 0 Å². The third-order valence-corrected chi connectivity index (χ3v) is 11.1. The van der Waals surface area contributed by atoms with Crippen LogP contribution in [0.3, 0.4) is 0 Å². The van der Waals surface area contributed by atoms with E-state index in [4.69, 9.17) is 28.6 Å². The van der Waals surface area contributed by atoms with Crippen LogP contribution in [0.5, 0.6) is 5.75 Å². The number of anilines is 4. The molecule has 0 aliphatic carbocycles. The number of nitriles is 1. The Kier molecular flexibility index (Phi) is 12.3. The van der Waals surface area contributed by atoms with Gasteiger partial charge in [0.1, 0.15) is 30.0 Å². The molecular weight excluding hydrogens is 752 g/mol. The van der Waals surface area contributed by atoms with E-state index in [0.717, 1.165) is 43.2 Å². The second-order valence-electron chi connectivity index (χ2n) is 15.2. The van der Waals surface area contributed by atoms with E-state index < -0.39 is 11.6 Å². The predicted molar refractivity (Wildman–Crippen MR) is 221 cm³/mol. The summed E-state index contributed by atoms with van der Waals surface area (Å²) >= 11 is 12.2. The Balaban J connectivity index is 1.01. The summed E-state index contributed by atoms with van der Waals surface area (Å²) in [5.74, 6) is -0.0305. The molecule has 4 amide bonds. The average Bonchev–Trinajstić information content (AvgIpc) is 3.32. The van der Waals surface area contributed by atoms with Crippen molar-refractivity contribution in [2.24, 2.45) is 0 Å². The molecule has 3 aliphatic rings. The van der Waals surface area contributed by atoms with Crippen LogP contribution < -0.4 is 30.5 Å². The Morgan fingerprint density at radius 3 is 2.52 bits per heavy atom. The smallest absolute Gasteiger partial charge is 0.259 e. The average molecular weight is 799 g/mol. The molecule has 56 heavy (non-hydrogen) atoms. The number of carbonyl (C=O) groups is 4. The van der Waals surface area contributed by atoms with E-state index in [2.05, 4.69) is 46.5 Å². The summed E-state index contributed by atoms with van der Waals surface area (Å²) in [5.41, 5.74) is 2.93. The molecule has 1 unspecified atom stereocenters. The highest BCUT2D eigenvalue weighted by Gasteiger charge is 2.50. The van der Waals surface area contributed by atoms with Crippen molar-refractivity contribution in [3.05, 3.63) is 76.8 Å². The Labute approximate surface area is 337 Å². The van der Waals surface area contributed by atoms with Crippen LogP contribution in [-0.4, -0.2) is 95.5 Å². The van der Waals surface area contributed by atoms with E-state index in [1.807, 2.05) is 55.1 Å². The molecule has 0 spiro atoms. The third kappa shape index (κ3) is 8.81. The summed E-state index contributed by atoms with van der Waals surface area (Å²) in [7, 11) is 0. The summed E-state index contributed by atoms with van der Waals surface area (Å²) in [6, 6.07) is 19.7. The maximum Gasteiger partial charge on any atom is 0.259 e. The minimum absolute atomic E-state index is 0.120. The number of benzene rings is 3. The van der Waals surface area contributed by atoms with Crippen molar-refractivity contribution in [1.29, 1.82) is 5.26 Å². The van der Waals surface area contributed by atoms with Gasteiger partial charge in [0.15, 0.2) is 5.11 Å². The van der Waals surface area contributed by atoms with E-state index in [9.17, 15) is 24.4 Å². The maximum absolute atomic E-state index is 13.7. The highest BCUT2D eigenvalue weighted by atomic mass is 35.5. The lowest BCUT2D eigenvalue weighted by molar-refractivity contribution is -0.133. The summed E-state index contributed by atoms with van der Waals surface area (Å²) in [6.45, 7) is 13.7. The number of nitrogens with one attached hydrogen (secondary N) is 3. The lowest BCUT2D eigenvalue weighted by Gasteiger charge is -2.39. The number of thiocarbonyl (C=S) groups is 1. The van der Waals surface area contributed by atoms with Gasteiger partial charge in [-0.15, -0.1) is 0 Å². The predicted octanol–water partition coefficient (Wildman–Crippen LogP) is 5.49. The van der Waals surface area contributed by atoms with Crippen LogP contribution in [0.2, 0.25) is 5.02 Å². The van der Waals surface area contributed by atoms with Gasteiger partial charge in [0, 0.05) is 55.7 Å². The van der Waals surface area contributed by atoms with Crippen molar-refractivity contribution < 1.29 is 23.9 Å². The maximum atomic E-state index is 13.7. The van der Waals surface area contributed by atoms with E-state index in [-0.39, 0.29) is 53.6 Å². The Morgan fingerprint density at radius 2 is 1.82 bits per heavy atom. The normalized spacial score (nSPS) is 20.2. The number of piperazine rings is 1. The summed E-state index contributed by atoms with van der Waals surface area (Å²) in [6.07, 6.45) is 0.699. The zero-order chi connectivity index (χ0) is 40.3. The van der Waals surface area contributed by atoms with E-state index in [1.165, 1.54) is 4.90 Å². The molecule has 3 fully saturated rings. The lowest BCUT2D eigenvalue weighted by Crippen LogP contribution is -2.54. The number of imide groups is 1. The fraction of sp³-hybridized carbons (Fsp3) is 0.415. The first-order chi connectivity index (χ1) is 26.7. The van der Waals surface area contributed by atoms with Crippen LogP contribution in [-0.2, 0) is 19.2 Å². The number of piperidine rings is 1. The van der Waals surface area contributed by atoms with Crippen LogP contribution in [0.4, 0.5) is 22.7 Å². The topological polar surface area (TPSA) is 150 Å². The van der Waals surface area contributed by atoms with Gasteiger partial charge in [0.2, 0.25) is 17.7 Å². The second kappa shape index (κ2) is 17.0. The van der Waals surface area contributed by atoms with Gasteiger partial charge < -0.3 is 20.3 Å². The Bertz CT molecular complexity index is 2090. The lowest BCUT2D eigenvalue weighted by atomic mass is 9.98. The van der Waals surface area contributed by atoms with E-state index in [0.29, 0.717) is 40.8 Å². The van der Waals surface area contributed by atoms with E-state index >= 15 is 0 Å². The van der Waals surface area contributed by atoms with Gasteiger partial charge in [-0.05, 0) is 105 Å². The molecular formula is C41H47ClN8O5S. The summed E-state index contributed by atoms with van der Waals surface area (Å²) < 4.78 is 6.37. The van der Waals surface area contributed by atoms with Crippen molar-refractivity contribution >= 4 is 75.3 Å². The SMILES string of the molecule is CC(C)c1cc(N2C(=S)N(c3ccc(C#N)c(Cl)c3)C(=O)C2(C)C)ccc1OCCN1CCN(CC(=O)Nc2cccc(NC3CCC(=O)NC3=O)c2)[C@H](C)C1. The Morgan fingerprint density at radius 1 is 1.07 bits per heavy atom. The molecule has 294 valence electrons. The largest absolute Gasteiger partial charge is 0.492 e. The minimum Gasteiger partial charge on any atom is -0.492 e. The number of hydrogen-bond acceptors (Lipinski definition) is 10. The van der Waals surface area contributed by atoms with E-state index in [1.54, 1.807) is 30.3 Å². The highest BCUT2D eigenvalue weighted by Crippen LogP contribution is 2.40. The van der Waals surface area contributed by atoms with Crippen molar-refractivity contribution in [3.8, 4) is 11.8 Å². The first-order valence-corrected chi connectivity index (χ1v) is 19.6. The first-order valence-electron chi connectivity index (χ1n) is 18.8. The zero-order valence-electron chi connectivity index (χ0n) is 32.2. The number of nitrogens with zero attached hydrogens (tertiary/aromatic N) is 5. The van der Waals surface area contributed by atoms with Crippen molar-refractivity contribution in [2.75, 3.05) is 59.8 Å². The number of hydrogen-bond donors (Lipinski definition) is 3. The van der Waals surface area contributed by atoms with Crippen LogP contribution in [0.25, 0.3) is 0 Å². The molecule has 2 atom stereocenters. The van der Waals surface area contributed by atoms with Crippen LogP contribution in [0.15, 0.2) is 60.7 Å². The molecule has 3 aliphatic heterocycles. The molecule has 13 nitrogen and oxygen atoms in total. The van der Waals surface area contributed by atoms with Gasteiger partial charge in [0.05, 0.1) is 22.8 Å². The minimum atomic E-state index is -0.977. The molecule has 0 saturated carbocycles. The van der Waals surface area contributed by atoms with Gasteiger partial charge in [-0.25, -0.2) is 0 Å². The number of carbonyl (C=O) groups excluding carboxylic acids is 4. The molecule has 15 heteroatoms. The molecule has 3 N–H and O–H groups in total. The second-order valence-corrected chi connectivity index (χ2v) is 16.0. The number of rotatable bonds is 12. The number of halogens is 1. The molecule has 0 radical (unpaired) electrons. The molecule has 3 heterocycles. The Hall–Kier alpha value is -5.07. The molecule has 0 aromatic heterocycles. The van der Waals surface area contributed by atoms with Gasteiger partial charge in [-0.3, -0.25) is 39.2 Å². The first kappa shape index (κ1) is 40.6. The van der Waals surface area contributed by atoms with Crippen LogP contribution in [0, 0.1) is 11.3 Å². The molecule has 3 saturated heterocycles. The number of ether oxygens (including phenoxy) is 1. The van der Waals surface area contributed by atoms with Crippen LogP contribution >= 0.6 is 23.8 Å². The monoisotopic (exact) mass is 798 g/mol. The van der Waals surface area contributed by atoms with Gasteiger partial charge in [-0.2, -0.15) is 5.26 Å². The standard InChI is InChI=1S/C41H47ClN8O5S/c1-25(2)32-20-31(50-40(56)49(39(54)41(50,4)5)30-10-9-27(22-43)33(42)21-30)11-13-35(32)55-18-17-47-15-16-48(26(3)23-47)24-37(52)45-29-8-6-7-28(19-29)44-34-12-14-36(51)46-38(34)53/h6-11,13,19-21,25-26,34,44H,12,14-18,23-24H2,1-5H3,(H,45,52)(H,46,51,53)/t26-,34?/m1/s1. The quantitative estimate of drug-likeness (QED) is 0.158. The van der Waals surface area contributed by atoms with Crippen molar-refractivity contribution in [3.63, 3.8) is 0 Å². The zero-order valence-corrected chi connectivity index (χ0v) is 33.8. The fourth-order valence-electron chi connectivity index (χ4n) is 7.34. The molecule has 6 rings (SSSR count). The summed E-state index contributed by atoms with van der Waals surface area (Å²) in [4.78, 5) is 58.2. The molecule has 3 aromatic rings. The summed E-state index contributed by atoms with van der Waals surface area (Å²) in [5, 5.41) is 18.4. The van der Waals surface area contributed by atoms with Gasteiger partial charge in [-0.1, -0.05) is 31.5 Å². The number of amides is 4. The molecule has 0 bridgehead atoms. The fourth-order valence-corrected chi connectivity index (χ4v) is 8.08. The van der Waals surface area contributed by atoms with Crippen molar-refractivity contribution in [2.45, 2.75) is 71.0 Å². The molecule has 3 aromatic carbocycles. The van der Waals surface area contributed by atoms with Crippen molar-refractivity contribution in [1.82, 2.24) is 15.1 Å². The highest BCUT2D eigenvalue weighted by molar-refractivity contribution is 7.81.